The number of hydrogen-bond donors (Lipinski definition) is 3. The van der Waals surface area contributed by atoms with E-state index in [2.05, 4.69) is 9.82 Å². The number of aromatic nitrogens is 2. The Bertz CT molecular complexity index is 2050. The van der Waals surface area contributed by atoms with E-state index in [1.54, 1.807) is 36.4 Å². The standard InChI is InChI=1S/C28H23N5O5S2/c29-28(34)26-23-15-9-18-8-10-19(32-40(37,38)25-7-3-5-17-4-1-2-6-22(17)25)16-24(18)27(23)33(31-26)20-11-13-21(14-12-20)39(30,35)36/h1-8,10-14,16,32H,9,15H2,(H2,29,34)(H2,30,35,36). The number of primary amides is 1. The van der Waals surface area contributed by atoms with Gasteiger partial charge in [-0.2, -0.15) is 5.10 Å². The molecule has 1 aliphatic carbocycles. The van der Waals surface area contributed by atoms with Crippen molar-refractivity contribution in [2.75, 3.05) is 4.72 Å². The highest BCUT2D eigenvalue weighted by molar-refractivity contribution is 7.93. The summed E-state index contributed by atoms with van der Waals surface area (Å²) in [6, 6.07) is 23.3. The molecule has 12 heteroatoms. The van der Waals surface area contributed by atoms with E-state index in [4.69, 9.17) is 10.9 Å². The number of nitrogens with two attached hydrogens (primary N) is 2. The average Bonchev–Trinajstić information content (AvgIpc) is 3.33. The maximum atomic E-state index is 13.5. The number of primary sulfonamides is 1. The third-order valence-corrected chi connectivity index (χ3v) is 9.30. The topological polar surface area (TPSA) is 167 Å². The fourth-order valence-corrected chi connectivity index (χ4v) is 6.90. The van der Waals surface area contributed by atoms with Crippen LogP contribution < -0.4 is 15.6 Å². The Morgan fingerprint density at radius 2 is 1.60 bits per heavy atom. The molecular weight excluding hydrogens is 550 g/mol. The molecule has 40 heavy (non-hydrogen) atoms. The van der Waals surface area contributed by atoms with Crippen LogP contribution in [-0.4, -0.2) is 32.5 Å². The number of hydrogen-bond acceptors (Lipinski definition) is 6. The van der Waals surface area contributed by atoms with E-state index in [1.807, 2.05) is 24.3 Å². The molecule has 0 radical (unpaired) electrons. The van der Waals surface area contributed by atoms with Crippen molar-refractivity contribution >= 4 is 42.4 Å². The van der Waals surface area contributed by atoms with Crippen molar-refractivity contribution in [3.63, 3.8) is 0 Å². The molecule has 1 aliphatic rings. The van der Waals surface area contributed by atoms with Crippen LogP contribution in [0.1, 0.15) is 21.6 Å². The summed E-state index contributed by atoms with van der Waals surface area (Å²) in [5.74, 6) is -0.701. The van der Waals surface area contributed by atoms with Crippen molar-refractivity contribution in [2.24, 2.45) is 10.9 Å². The lowest BCUT2D eigenvalue weighted by molar-refractivity contribution is 0.0994. The van der Waals surface area contributed by atoms with Gasteiger partial charge in [0.1, 0.15) is 0 Å². The Balaban J connectivity index is 1.46. The van der Waals surface area contributed by atoms with Crippen molar-refractivity contribution < 1.29 is 21.6 Å². The quantitative estimate of drug-likeness (QED) is 0.282. The van der Waals surface area contributed by atoms with Gasteiger partial charge in [-0.3, -0.25) is 9.52 Å². The second-order valence-electron chi connectivity index (χ2n) is 9.45. The number of anilines is 1. The SMILES string of the molecule is NC(=O)c1nn(-c2ccc(S(N)(=O)=O)cc2)c2c1CCc1ccc(NS(=O)(=O)c3cccc4ccccc34)cc1-2. The predicted octanol–water partition coefficient (Wildman–Crippen LogP) is 3.34. The minimum Gasteiger partial charge on any atom is -0.364 e. The van der Waals surface area contributed by atoms with Gasteiger partial charge in [0, 0.05) is 22.2 Å². The zero-order valence-corrected chi connectivity index (χ0v) is 22.5. The van der Waals surface area contributed by atoms with Gasteiger partial charge >= 0.3 is 0 Å². The molecule has 202 valence electrons. The van der Waals surface area contributed by atoms with Crippen LogP contribution in [0.25, 0.3) is 27.7 Å². The van der Waals surface area contributed by atoms with E-state index in [9.17, 15) is 21.6 Å². The number of carbonyl (C=O) groups excluding carboxylic acids is 1. The summed E-state index contributed by atoms with van der Waals surface area (Å²) in [4.78, 5) is 12.4. The number of nitrogens with one attached hydrogen (secondary N) is 1. The molecule has 0 fully saturated rings. The summed E-state index contributed by atoms with van der Waals surface area (Å²) in [5, 5.41) is 11.1. The van der Waals surface area contributed by atoms with Gasteiger partial charge in [-0.1, -0.05) is 42.5 Å². The maximum Gasteiger partial charge on any atom is 0.269 e. The van der Waals surface area contributed by atoms with Gasteiger partial charge in [0.2, 0.25) is 10.0 Å². The van der Waals surface area contributed by atoms with Crippen molar-refractivity contribution in [3.05, 3.63) is 102 Å². The molecule has 0 spiro atoms. The number of carbonyl (C=O) groups is 1. The first kappa shape index (κ1) is 25.7. The Kier molecular flexibility index (Phi) is 5.98. The van der Waals surface area contributed by atoms with Crippen LogP contribution in [0, 0.1) is 0 Å². The molecular formula is C28H23N5O5S2. The molecule has 4 aromatic carbocycles. The summed E-state index contributed by atoms with van der Waals surface area (Å²) in [6.45, 7) is 0. The predicted molar refractivity (Wildman–Crippen MR) is 151 cm³/mol. The molecule has 0 unspecified atom stereocenters. The number of aryl methyl sites for hydroxylation is 1. The third-order valence-electron chi connectivity index (χ3n) is 6.93. The van der Waals surface area contributed by atoms with Gasteiger partial charge in [0.05, 0.1) is 21.2 Å². The third kappa shape index (κ3) is 4.41. The summed E-state index contributed by atoms with van der Waals surface area (Å²) in [7, 11) is -7.85. The smallest absolute Gasteiger partial charge is 0.269 e. The molecule has 0 saturated heterocycles. The van der Waals surface area contributed by atoms with Crippen LogP contribution in [0.3, 0.4) is 0 Å². The first-order chi connectivity index (χ1) is 19.0. The van der Waals surface area contributed by atoms with Gasteiger partial charge in [0.25, 0.3) is 15.9 Å². The van der Waals surface area contributed by atoms with Crippen molar-refractivity contribution in [2.45, 2.75) is 22.6 Å². The number of sulfonamides is 2. The zero-order valence-electron chi connectivity index (χ0n) is 20.9. The van der Waals surface area contributed by atoms with Crippen molar-refractivity contribution in [1.82, 2.24) is 9.78 Å². The highest BCUT2D eigenvalue weighted by atomic mass is 32.2. The van der Waals surface area contributed by atoms with E-state index in [-0.39, 0.29) is 15.5 Å². The number of benzene rings is 4. The molecule has 5 aromatic rings. The molecule has 10 nitrogen and oxygen atoms in total. The van der Waals surface area contributed by atoms with Crippen molar-refractivity contribution in [3.8, 4) is 16.9 Å². The zero-order chi connectivity index (χ0) is 28.2. The number of nitrogens with zero attached hydrogens (tertiary/aromatic N) is 2. The average molecular weight is 574 g/mol. The lowest BCUT2D eigenvalue weighted by Gasteiger charge is -2.20. The van der Waals surface area contributed by atoms with E-state index in [1.165, 1.54) is 28.9 Å². The summed E-state index contributed by atoms with van der Waals surface area (Å²) < 4.78 is 54.6. The van der Waals surface area contributed by atoms with Gasteiger partial charge < -0.3 is 5.73 Å². The Morgan fingerprint density at radius 3 is 2.33 bits per heavy atom. The molecule has 0 bridgehead atoms. The minimum absolute atomic E-state index is 0.0714. The minimum atomic E-state index is -3.95. The molecule has 5 N–H and O–H groups in total. The molecule has 1 heterocycles. The van der Waals surface area contributed by atoms with Crippen LogP contribution in [0.4, 0.5) is 5.69 Å². The maximum absolute atomic E-state index is 13.5. The second-order valence-corrected chi connectivity index (χ2v) is 12.7. The molecule has 0 atom stereocenters. The lowest BCUT2D eigenvalue weighted by atomic mass is 9.88. The normalized spacial score (nSPS) is 13.0. The Labute approximate surface area is 230 Å². The first-order valence-electron chi connectivity index (χ1n) is 12.2. The number of amides is 1. The lowest BCUT2D eigenvalue weighted by Crippen LogP contribution is -2.16. The van der Waals surface area contributed by atoms with E-state index >= 15 is 0 Å². The van der Waals surface area contributed by atoms with Crippen LogP contribution in [0.15, 0.2) is 94.7 Å². The second kappa shape index (κ2) is 9.30. The highest BCUT2D eigenvalue weighted by Gasteiger charge is 2.29. The van der Waals surface area contributed by atoms with Gasteiger partial charge in [-0.25, -0.2) is 26.7 Å². The van der Waals surface area contributed by atoms with Gasteiger partial charge in [-0.15, -0.1) is 0 Å². The summed E-state index contributed by atoms with van der Waals surface area (Å²) in [5.41, 5.74) is 9.36. The molecule has 0 aliphatic heterocycles. The summed E-state index contributed by atoms with van der Waals surface area (Å²) in [6.07, 6.45) is 1.09. The fourth-order valence-electron chi connectivity index (χ4n) is 5.10. The summed E-state index contributed by atoms with van der Waals surface area (Å²) >= 11 is 0. The highest BCUT2D eigenvalue weighted by Crippen LogP contribution is 2.39. The van der Waals surface area contributed by atoms with E-state index in [0.29, 0.717) is 46.4 Å². The monoisotopic (exact) mass is 573 g/mol. The van der Waals surface area contributed by atoms with Gasteiger partial charge in [-0.05, 0) is 66.3 Å². The van der Waals surface area contributed by atoms with Crippen LogP contribution >= 0.6 is 0 Å². The largest absolute Gasteiger partial charge is 0.364 e. The number of rotatable bonds is 6. The van der Waals surface area contributed by atoms with E-state index < -0.39 is 26.0 Å². The van der Waals surface area contributed by atoms with Crippen LogP contribution in [0.5, 0.6) is 0 Å². The van der Waals surface area contributed by atoms with Crippen molar-refractivity contribution in [1.29, 1.82) is 0 Å². The van der Waals surface area contributed by atoms with Crippen LogP contribution in [0.2, 0.25) is 0 Å². The Hall–Kier alpha value is -4.52. The molecule has 1 amide bonds. The Morgan fingerprint density at radius 1 is 0.875 bits per heavy atom. The van der Waals surface area contributed by atoms with Crippen LogP contribution in [-0.2, 0) is 32.9 Å². The molecule has 1 aromatic heterocycles. The molecule has 0 saturated carbocycles. The first-order valence-corrected chi connectivity index (χ1v) is 15.2. The number of fused-ring (bicyclic) bond motifs is 4. The molecule has 6 rings (SSSR count). The fraction of sp³-hybridized carbons (Fsp3) is 0.0714. The van der Waals surface area contributed by atoms with E-state index in [0.717, 1.165) is 10.9 Å². The van der Waals surface area contributed by atoms with Gasteiger partial charge in [0.15, 0.2) is 5.69 Å².